The monoisotopic (exact) mass is 196 g/mol. The summed E-state index contributed by atoms with van der Waals surface area (Å²) in [7, 11) is 1.64. The molecular formula is C11H16O3. The molecule has 0 aromatic heterocycles. The van der Waals surface area contributed by atoms with Gasteiger partial charge in [0.05, 0.1) is 13.7 Å². The Morgan fingerprint density at radius 3 is 2.64 bits per heavy atom. The van der Waals surface area contributed by atoms with Crippen molar-refractivity contribution in [1.29, 1.82) is 0 Å². The number of benzene rings is 1. The summed E-state index contributed by atoms with van der Waals surface area (Å²) in [5, 5.41) is 0. The fraction of sp³-hybridized carbons (Fsp3) is 0.455. The average molecular weight is 196 g/mol. The van der Waals surface area contributed by atoms with E-state index < -0.39 is 0 Å². The van der Waals surface area contributed by atoms with Gasteiger partial charge in [0.2, 0.25) is 0 Å². The molecule has 3 nitrogen and oxygen atoms in total. The summed E-state index contributed by atoms with van der Waals surface area (Å²) in [5.41, 5.74) is 0. The minimum Gasteiger partial charge on any atom is -0.497 e. The highest BCUT2D eigenvalue weighted by Gasteiger charge is 1.95. The van der Waals surface area contributed by atoms with E-state index in [-0.39, 0.29) is 0 Å². The molecule has 0 bridgehead atoms. The molecule has 0 amide bonds. The lowest BCUT2D eigenvalue weighted by Crippen LogP contribution is -2.06. The van der Waals surface area contributed by atoms with Gasteiger partial charge in [-0.2, -0.15) is 0 Å². The standard InChI is InChI=1S/C11H16O3/c1-3-13-7-8-14-11-6-4-5-10(9-11)12-2/h4-6,9H,3,7-8H2,1-2H3. The maximum atomic E-state index is 5.45. The average Bonchev–Trinajstić information content (AvgIpc) is 2.25. The van der Waals surface area contributed by atoms with Crippen LogP contribution < -0.4 is 9.47 Å². The number of methoxy groups -OCH3 is 1. The summed E-state index contributed by atoms with van der Waals surface area (Å²) >= 11 is 0. The van der Waals surface area contributed by atoms with Gasteiger partial charge in [0.25, 0.3) is 0 Å². The van der Waals surface area contributed by atoms with Crippen LogP contribution in [0.3, 0.4) is 0 Å². The van der Waals surface area contributed by atoms with Crippen molar-refractivity contribution in [2.75, 3.05) is 26.9 Å². The molecule has 0 fully saturated rings. The van der Waals surface area contributed by atoms with Crippen molar-refractivity contribution < 1.29 is 14.2 Å². The van der Waals surface area contributed by atoms with Gasteiger partial charge in [-0.1, -0.05) is 6.07 Å². The van der Waals surface area contributed by atoms with Crippen molar-refractivity contribution in [3.8, 4) is 11.5 Å². The Morgan fingerprint density at radius 1 is 1.14 bits per heavy atom. The van der Waals surface area contributed by atoms with E-state index in [0.29, 0.717) is 13.2 Å². The fourth-order valence-electron chi connectivity index (χ4n) is 1.05. The number of rotatable bonds is 6. The van der Waals surface area contributed by atoms with Gasteiger partial charge < -0.3 is 14.2 Å². The van der Waals surface area contributed by atoms with Gasteiger partial charge in [0.1, 0.15) is 18.1 Å². The van der Waals surface area contributed by atoms with Gasteiger partial charge in [0, 0.05) is 12.7 Å². The number of ether oxygens (including phenoxy) is 3. The third kappa shape index (κ3) is 3.66. The third-order valence-electron chi connectivity index (χ3n) is 1.74. The normalized spacial score (nSPS) is 9.86. The molecule has 0 aliphatic heterocycles. The van der Waals surface area contributed by atoms with E-state index in [2.05, 4.69) is 0 Å². The van der Waals surface area contributed by atoms with Gasteiger partial charge >= 0.3 is 0 Å². The molecule has 0 saturated heterocycles. The second kappa shape index (κ2) is 6.27. The Kier molecular flexibility index (Phi) is 4.86. The van der Waals surface area contributed by atoms with Gasteiger partial charge in [-0.15, -0.1) is 0 Å². The molecule has 1 aromatic rings. The zero-order valence-electron chi connectivity index (χ0n) is 8.66. The Balaban J connectivity index is 2.34. The molecule has 0 unspecified atom stereocenters. The lowest BCUT2D eigenvalue weighted by molar-refractivity contribution is 0.110. The summed E-state index contributed by atoms with van der Waals surface area (Å²) in [6.45, 7) is 3.88. The van der Waals surface area contributed by atoms with Crippen LogP contribution in [0.5, 0.6) is 11.5 Å². The lowest BCUT2D eigenvalue weighted by atomic mass is 10.3. The van der Waals surface area contributed by atoms with Crippen molar-refractivity contribution in [2.24, 2.45) is 0 Å². The van der Waals surface area contributed by atoms with E-state index in [1.807, 2.05) is 31.2 Å². The van der Waals surface area contributed by atoms with Gasteiger partial charge in [0.15, 0.2) is 0 Å². The van der Waals surface area contributed by atoms with Crippen molar-refractivity contribution in [2.45, 2.75) is 6.92 Å². The smallest absolute Gasteiger partial charge is 0.123 e. The molecule has 78 valence electrons. The number of hydrogen-bond acceptors (Lipinski definition) is 3. The predicted octanol–water partition coefficient (Wildman–Crippen LogP) is 2.11. The van der Waals surface area contributed by atoms with Crippen molar-refractivity contribution in [1.82, 2.24) is 0 Å². The van der Waals surface area contributed by atoms with Crippen LogP contribution in [0.1, 0.15) is 6.92 Å². The second-order valence-corrected chi connectivity index (χ2v) is 2.72. The summed E-state index contributed by atoms with van der Waals surface area (Å²) in [6.07, 6.45) is 0. The maximum Gasteiger partial charge on any atom is 0.123 e. The van der Waals surface area contributed by atoms with Crippen LogP contribution in [-0.2, 0) is 4.74 Å². The van der Waals surface area contributed by atoms with Crippen LogP contribution in [0.15, 0.2) is 24.3 Å². The summed E-state index contributed by atoms with van der Waals surface area (Å²) in [4.78, 5) is 0. The van der Waals surface area contributed by atoms with Gasteiger partial charge in [-0.05, 0) is 19.1 Å². The van der Waals surface area contributed by atoms with Gasteiger partial charge in [-0.25, -0.2) is 0 Å². The Morgan fingerprint density at radius 2 is 1.93 bits per heavy atom. The first-order valence-corrected chi connectivity index (χ1v) is 4.71. The Labute approximate surface area is 84.6 Å². The van der Waals surface area contributed by atoms with E-state index in [4.69, 9.17) is 14.2 Å². The van der Waals surface area contributed by atoms with E-state index in [0.717, 1.165) is 18.1 Å². The molecule has 14 heavy (non-hydrogen) atoms. The molecule has 0 aliphatic carbocycles. The summed E-state index contributed by atoms with van der Waals surface area (Å²) in [6, 6.07) is 7.53. The van der Waals surface area contributed by atoms with Crippen LogP contribution in [0, 0.1) is 0 Å². The lowest BCUT2D eigenvalue weighted by Gasteiger charge is -2.07. The van der Waals surface area contributed by atoms with Crippen molar-refractivity contribution in [3.05, 3.63) is 24.3 Å². The van der Waals surface area contributed by atoms with Gasteiger partial charge in [-0.3, -0.25) is 0 Å². The third-order valence-corrected chi connectivity index (χ3v) is 1.74. The van der Waals surface area contributed by atoms with Crippen molar-refractivity contribution in [3.63, 3.8) is 0 Å². The van der Waals surface area contributed by atoms with E-state index in [9.17, 15) is 0 Å². The largest absolute Gasteiger partial charge is 0.497 e. The predicted molar refractivity (Wildman–Crippen MR) is 55.0 cm³/mol. The summed E-state index contributed by atoms with van der Waals surface area (Å²) in [5.74, 6) is 1.61. The zero-order valence-corrected chi connectivity index (χ0v) is 8.66. The van der Waals surface area contributed by atoms with Crippen LogP contribution in [0.4, 0.5) is 0 Å². The summed E-state index contributed by atoms with van der Waals surface area (Å²) < 4.78 is 15.7. The molecule has 0 aliphatic rings. The molecule has 0 heterocycles. The maximum absolute atomic E-state index is 5.45. The molecule has 1 aromatic carbocycles. The molecule has 0 spiro atoms. The topological polar surface area (TPSA) is 27.7 Å². The van der Waals surface area contributed by atoms with Crippen LogP contribution in [0.2, 0.25) is 0 Å². The van der Waals surface area contributed by atoms with Crippen LogP contribution >= 0.6 is 0 Å². The van der Waals surface area contributed by atoms with Crippen molar-refractivity contribution >= 4 is 0 Å². The van der Waals surface area contributed by atoms with E-state index in [1.54, 1.807) is 7.11 Å². The molecule has 0 N–H and O–H groups in total. The SMILES string of the molecule is CCOCCOc1cccc(OC)c1. The first-order chi connectivity index (χ1) is 6.86. The molecule has 1 rings (SSSR count). The minimum atomic E-state index is 0.570. The molecule has 3 heteroatoms. The second-order valence-electron chi connectivity index (χ2n) is 2.72. The Bertz CT molecular complexity index is 260. The minimum absolute atomic E-state index is 0.570. The highest BCUT2D eigenvalue weighted by molar-refractivity contribution is 5.32. The first-order valence-electron chi connectivity index (χ1n) is 4.71. The highest BCUT2D eigenvalue weighted by atomic mass is 16.5. The molecule has 0 radical (unpaired) electrons. The van der Waals surface area contributed by atoms with Crippen LogP contribution in [-0.4, -0.2) is 26.9 Å². The molecule has 0 saturated carbocycles. The molecular weight excluding hydrogens is 180 g/mol. The quantitative estimate of drug-likeness (QED) is 0.652. The van der Waals surface area contributed by atoms with E-state index >= 15 is 0 Å². The highest BCUT2D eigenvalue weighted by Crippen LogP contribution is 2.18. The van der Waals surface area contributed by atoms with E-state index in [1.165, 1.54) is 0 Å². The molecule has 0 atom stereocenters. The Hall–Kier alpha value is -1.22. The fourth-order valence-corrected chi connectivity index (χ4v) is 1.05. The zero-order chi connectivity index (χ0) is 10.2. The number of hydrogen-bond donors (Lipinski definition) is 0. The first kappa shape index (κ1) is 10.9. The van der Waals surface area contributed by atoms with Crippen LogP contribution in [0.25, 0.3) is 0 Å².